The van der Waals surface area contributed by atoms with E-state index in [0.29, 0.717) is 17.9 Å². The maximum atomic E-state index is 13.1. The second-order valence-electron chi connectivity index (χ2n) is 8.30. The van der Waals surface area contributed by atoms with Crippen molar-refractivity contribution in [3.8, 4) is 5.75 Å². The summed E-state index contributed by atoms with van der Waals surface area (Å²) in [6.07, 6.45) is -0.148. The lowest BCUT2D eigenvalue weighted by atomic mass is 9.94. The lowest BCUT2D eigenvalue weighted by Gasteiger charge is -2.28. The number of Topliss-reactive ketones (excluding diaryl/α,β-unsaturated/α-hetero) is 1. The molecule has 33 heavy (non-hydrogen) atoms. The van der Waals surface area contributed by atoms with Crippen LogP contribution in [0.15, 0.2) is 54.1 Å². The number of nitro groups is 1. The van der Waals surface area contributed by atoms with Crippen LogP contribution in [-0.4, -0.2) is 64.8 Å². The summed E-state index contributed by atoms with van der Waals surface area (Å²) in [5.74, 6) is -1.41. The number of amides is 1. The molecule has 174 valence electrons. The Hall–Kier alpha value is -3.72. The standard InChI is InChI=1S/C24H27N3O6/c1-15(2)33-19-8-6-5-7-18(19)21-20(23(29)24(30)26(21)14-13-25(3)4)22(28)16-9-11-17(12-10-16)27(31)32/h5-12,15,21,28H,13-14H2,1-4H3/b22-20-. The highest BCUT2D eigenvalue weighted by molar-refractivity contribution is 6.46. The van der Waals surface area contributed by atoms with Gasteiger partial charge in [-0.05, 0) is 46.1 Å². The molecule has 0 aliphatic carbocycles. The lowest BCUT2D eigenvalue weighted by molar-refractivity contribution is -0.384. The molecule has 1 saturated heterocycles. The molecule has 1 fully saturated rings. The first kappa shape index (κ1) is 23.9. The highest BCUT2D eigenvalue weighted by atomic mass is 16.6. The molecule has 3 rings (SSSR count). The summed E-state index contributed by atoms with van der Waals surface area (Å²) in [7, 11) is 3.72. The number of nitrogens with zero attached hydrogens (tertiary/aromatic N) is 3. The van der Waals surface area contributed by atoms with Crippen molar-refractivity contribution in [2.45, 2.75) is 26.0 Å². The number of ether oxygens (including phenoxy) is 1. The lowest BCUT2D eigenvalue weighted by Crippen LogP contribution is -2.35. The Morgan fingerprint density at radius 1 is 1.15 bits per heavy atom. The minimum Gasteiger partial charge on any atom is -0.507 e. The number of aliphatic hydroxyl groups is 1. The van der Waals surface area contributed by atoms with Crippen molar-refractivity contribution in [2.75, 3.05) is 27.2 Å². The molecule has 9 nitrogen and oxygen atoms in total. The summed E-state index contributed by atoms with van der Waals surface area (Å²) < 4.78 is 5.94. The van der Waals surface area contributed by atoms with Crippen molar-refractivity contribution >= 4 is 23.1 Å². The van der Waals surface area contributed by atoms with Crippen molar-refractivity contribution in [2.24, 2.45) is 0 Å². The molecule has 1 aliphatic rings. The molecule has 2 aromatic carbocycles. The maximum absolute atomic E-state index is 13.1. The molecule has 0 bridgehead atoms. The zero-order valence-electron chi connectivity index (χ0n) is 19.0. The third-order valence-electron chi connectivity index (χ3n) is 5.26. The number of likely N-dealkylation sites (tertiary alicyclic amines) is 1. The van der Waals surface area contributed by atoms with Crippen LogP contribution in [0.1, 0.15) is 31.0 Å². The van der Waals surface area contributed by atoms with Gasteiger partial charge in [0, 0.05) is 36.3 Å². The largest absolute Gasteiger partial charge is 0.507 e. The Bertz CT molecular complexity index is 1090. The van der Waals surface area contributed by atoms with E-state index < -0.39 is 22.7 Å². The van der Waals surface area contributed by atoms with Crippen LogP contribution in [0.25, 0.3) is 5.76 Å². The van der Waals surface area contributed by atoms with E-state index in [0.717, 1.165) is 0 Å². The molecule has 1 aliphatic heterocycles. The van der Waals surface area contributed by atoms with Crippen LogP contribution in [0.4, 0.5) is 5.69 Å². The minimum atomic E-state index is -0.866. The zero-order valence-corrected chi connectivity index (χ0v) is 19.0. The topological polar surface area (TPSA) is 113 Å². The molecule has 0 saturated carbocycles. The van der Waals surface area contributed by atoms with Crippen LogP contribution >= 0.6 is 0 Å². The summed E-state index contributed by atoms with van der Waals surface area (Å²) in [4.78, 5) is 39.8. The molecular weight excluding hydrogens is 426 g/mol. The maximum Gasteiger partial charge on any atom is 0.295 e. The van der Waals surface area contributed by atoms with Crippen LogP contribution in [0.5, 0.6) is 5.75 Å². The number of carbonyl (C=O) groups is 2. The Morgan fingerprint density at radius 2 is 1.79 bits per heavy atom. The van der Waals surface area contributed by atoms with Gasteiger partial charge in [0.05, 0.1) is 22.6 Å². The van der Waals surface area contributed by atoms with Gasteiger partial charge in [0.25, 0.3) is 17.4 Å². The predicted octanol–water partition coefficient (Wildman–Crippen LogP) is 3.37. The second-order valence-corrected chi connectivity index (χ2v) is 8.30. The SMILES string of the molecule is CC(C)Oc1ccccc1C1/C(=C(/O)c2ccc([N+](=O)[O-])cc2)C(=O)C(=O)N1CCN(C)C. The zero-order chi connectivity index (χ0) is 24.3. The molecule has 0 spiro atoms. The number of likely N-dealkylation sites (N-methyl/N-ethyl adjacent to an activating group) is 1. The average molecular weight is 453 g/mol. The van der Waals surface area contributed by atoms with Gasteiger partial charge in [-0.15, -0.1) is 0 Å². The predicted molar refractivity (Wildman–Crippen MR) is 123 cm³/mol. The Balaban J connectivity index is 2.18. The molecule has 0 radical (unpaired) electrons. The third-order valence-corrected chi connectivity index (χ3v) is 5.26. The van der Waals surface area contributed by atoms with Gasteiger partial charge in [0.1, 0.15) is 11.5 Å². The number of hydrogen-bond acceptors (Lipinski definition) is 7. The fourth-order valence-electron chi connectivity index (χ4n) is 3.71. The molecule has 1 amide bonds. The van der Waals surface area contributed by atoms with Gasteiger partial charge in [0.15, 0.2) is 0 Å². The van der Waals surface area contributed by atoms with Gasteiger partial charge >= 0.3 is 0 Å². The molecule has 1 N–H and O–H groups in total. The number of ketones is 1. The minimum absolute atomic E-state index is 0.0765. The number of aliphatic hydroxyl groups excluding tert-OH is 1. The summed E-state index contributed by atoms with van der Waals surface area (Å²) in [5, 5.41) is 22.1. The molecule has 1 heterocycles. The van der Waals surface area contributed by atoms with E-state index in [-0.39, 0.29) is 35.2 Å². The summed E-state index contributed by atoms with van der Waals surface area (Å²) >= 11 is 0. The van der Waals surface area contributed by atoms with Crippen LogP contribution < -0.4 is 4.74 Å². The van der Waals surface area contributed by atoms with Gasteiger partial charge in [-0.1, -0.05) is 18.2 Å². The monoisotopic (exact) mass is 453 g/mol. The van der Waals surface area contributed by atoms with E-state index in [1.165, 1.54) is 29.2 Å². The highest BCUT2D eigenvalue weighted by Gasteiger charge is 2.47. The summed E-state index contributed by atoms with van der Waals surface area (Å²) in [6.45, 7) is 4.51. The second kappa shape index (κ2) is 9.83. The summed E-state index contributed by atoms with van der Waals surface area (Å²) in [5.41, 5.74) is 0.559. The van der Waals surface area contributed by atoms with E-state index in [1.54, 1.807) is 24.3 Å². The first-order chi connectivity index (χ1) is 15.6. The van der Waals surface area contributed by atoms with Gasteiger partial charge in [-0.2, -0.15) is 0 Å². The van der Waals surface area contributed by atoms with Crippen molar-refractivity contribution in [1.82, 2.24) is 9.80 Å². The molecule has 1 atom stereocenters. The summed E-state index contributed by atoms with van der Waals surface area (Å²) in [6, 6.07) is 11.4. The first-order valence-corrected chi connectivity index (χ1v) is 10.5. The van der Waals surface area contributed by atoms with E-state index in [1.807, 2.05) is 32.8 Å². The highest BCUT2D eigenvalue weighted by Crippen LogP contribution is 2.42. The Kier molecular flexibility index (Phi) is 7.13. The molecule has 1 unspecified atom stereocenters. The van der Waals surface area contributed by atoms with Crippen molar-refractivity contribution in [1.29, 1.82) is 0 Å². The van der Waals surface area contributed by atoms with Crippen LogP contribution in [0.3, 0.4) is 0 Å². The van der Waals surface area contributed by atoms with E-state index in [2.05, 4.69) is 0 Å². The van der Waals surface area contributed by atoms with E-state index >= 15 is 0 Å². The number of benzene rings is 2. The first-order valence-electron chi connectivity index (χ1n) is 10.5. The van der Waals surface area contributed by atoms with Crippen LogP contribution in [0.2, 0.25) is 0 Å². The molecule has 9 heteroatoms. The number of carbonyl (C=O) groups excluding carboxylic acids is 2. The number of rotatable bonds is 8. The van der Waals surface area contributed by atoms with Gasteiger partial charge in [0.2, 0.25) is 0 Å². The van der Waals surface area contributed by atoms with Gasteiger partial charge in [-0.3, -0.25) is 19.7 Å². The fourth-order valence-corrected chi connectivity index (χ4v) is 3.71. The van der Waals surface area contributed by atoms with Crippen molar-refractivity contribution < 1.29 is 24.4 Å². The van der Waals surface area contributed by atoms with Crippen LogP contribution in [0, 0.1) is 10.1 Å². The molecule has 2 aromatic rings. The van der Waals surface area contributed by atoms with Crippen molar-refractivity contribution in [3.05, 3.63) is 75.3 Å². The van der Waals surface area contributed by atoms with Crippen molar-refractivity contribution in [3.63, 3.8) is 0 Å². The van der Waals surface area contributed by atoms with E-state index in [4.69, 9.17) is 4.74 Å². The van der Waals surface area contributed by atoms with Gasteiger partial charge in [-0.25, -0.2) is 0 Å². The third kappa shape index (κ3) is 5.04. The van der Waals surface area contributed by atoms with E-state index in [9.17, 15) is 24.8 Å². The number of non-ortho nitro benzene ring substituents is 1. The fraction of sp³-hybridized carbons (Fsp3) is 0.333. The Labute approximate surface area is 192 Å². The molecule has 0 aromatic heterocycles. The Morgan fingerprint density at radius 3 is 2.36 bits per heavy atom. The smallest absolute Gasteiger partial charge is 0.295 e. The van der Waals surface area contributed by atoms with Gasteiger partial charge < -0.3 is 19.6 Å². The number of nitro benzene ring substituents is 1. The number of para-hydroxylation sites is 1. The normalized spacial score (nSPS) is 17.8. The quantitative estimate of drug-likeness (QED) is 0.214. The average Bonchev–Trinajstić information content (AvgIpc) is 3.01. The van der Waals surface area contributed by atoms with Crippen LogP contribution in [-0.2, 0) is 9.59 Å². The molecular formula is C24H27N3O6. The number of hydrogen-bond donors (Lipinski definition) is 1.